The molecule has 0 saturated carbocycles. The minimum Gasteiger partial charge on any atom is -0.494 e. The fourth-order valence-electron chi connectivity index (χ4n) is 2.72. The first-order chi connectivity index (χ1) is 11.7. The van der Waals surface area contributed by atoms with E-state index in [9.17, 15) is 4.39 Å². The van der Waals surface area contributed by atoms with Crippen LogP contribution in [-0.2, 0) is 0 Å². The second-order valence-corrected chi connectivity index (χ2v) is 5.36. The molecule has 0 N–H and O–H groups in total. The Hall–Kier alpha value is -2.94. The quantitative estimate of drug-likeness (QED) is 0.647. The van der Waals surface area contributed by atoms with E-state index in [0.717, 1.165) is 27.8 Å². The van der Waals surface area contributed by atoms with Gasteiger partial charge in [0.25, 0.3) is 0 Å². The van der Waals surface area contributed by atoms with Crippen molar-refractivity contribution in [2.45, 2.75) is 6.92 Å². The molecule has 0 fully saturated rings. The van der Waals surface area contributed by atoms with Gasteiger partial charge in [-0.05, 0) is 59.0 Å². The number of benzene rings is 2. The van der Waals surface area contributed by atoms with E-state index in [2.05, 4.69) is 11.1 Å². The molecule has 0 atom stereocenters. The summed E-state index contributed by atoms with van der Waals surface area (Å²) >= 11 is 0. The molecule has 2 nitrogen and oxygen atoms in total. The molecule has 3 aromatic rings. The van der Waals surface area contributed by atoms with Gasteiger partial charge in [-0.25, -0.2) is 4.39 Å². The van der Waals surface area contributed by atoms with Crippen LogP contribution in [0.4, 0.5) is 4.39 Å². The Bertz CT molecular complexity index is 855. The molecule has 0 aliphatic heterocycles. The van der Waals surface area contributed by atoms with Crippen molar-refractivity contribution in [1.29, 1.82) is 0 Å². The SMILES string of the molecule is C/C=C(/c1ccncc1)c1ccc(-c2ccc(OC)c(F)c2)cc1. The zero-order valence-electron chi connectivity index (χ0n) is 13.7. The van der Waals surface area contributed by atoms with Crippen LogP contribution in [0.5, 0.6) is 5.75 Å². The standard InChI is InChI=1S/C21H18FNO/c1-3-19(17-10-12-23-13-11-17)16-6-4-15(5-7-16)18-8-9-21(24-2)20(22)14-18/h3-14H,1-2H3/b19-3+. The normalized spacial score (nSPS) is 11.4. The van der Waals surface area contributed by atoms with Crippen LogP contribution in [-0.4, -0.2) is 12.1 Å². The minimum atomic E-state index is -0.356. The number of allylic oxidation sites excluding steroid dienone is 1. The molecule has 2 aromatic carbocycles. The van der Waals surface area contributed by atoms with Crippen molar-refractivity contribution in [2.24, 2.45) is 0 Å². The number of pyridine rings is 1. The number of ether oxygens (including phenoxy) is 1. The van der Waals surface area contributed by atoms with E-state index in [1.54, 1.807) is 18.5 Å². The van der Waals surface area contributed by atoms with Crippen LogP contribution in [0.25, 0.3) is 16.7 Å². The topological polar surface area (TPSA) is 22.1 Å². The summed E-state index contributed by atoms with van der Waals surface area (Å²) in [7, 11) is 1.46. The van der Waals surface area contributed by atoms with Gasteiger partial charge in [0.15, 0.2) is 11.6 Å². The lowest BCUT2D eigenvalue weighted by Crippen LogP contribution is -1.90. The van der Waals surface area contributed by atoms with E-state index in [4.69, 9.17) is 4.74 Å². The van der Waals surface area contributed by atoms with Crippen molar-refractivity contribution in [3.05, 3.63) is 90.0 Å². The third-order valence-electron chi connectivity index (χ3n) is 3.96. The molecule has 0 amide bonds. The molecule has 3 rings (SSSR count). The van der Waals surface area contributed by atoms with Gasteiger partial charge in [0.1, 0.15) is 0 Å². The van der Waals surface area contributed by atoms with Gasteiger partial charge >= 0.3 is 0 Å². The highest BCUT2D eigenvalue weighted by Gasteiger charge is 2.07. The van der Waals surface area contributed by atoms with Crippen LogP contribution in [0, 0.1) is 5.82 Å². The molecule has 0 aliphatic carbocycles. The Morgan fingerprint density at radius 2 is 1.54 bits per heavy atom. The Balaban J connectivity index is 1.92. The first-order valence-corrected chi connectivity index (χ1v) is 7.74. The summed E-state index contributed by atoms with van der Waals surface area (Å²) in [5.41, 5.74) is 5.17. The summed E-state index contributed by atoms with van der Waals surface area (Å²) in [5.74, 6) is -0.103. The highest BCUT2D eigenvalue weighted by atomic mass is 19.1. The minimum absolute atomic E-state index is 0.254. The summed E-state index contributed by atoms with van der Waals surface area (Å²) in [6.07, 6.45) is 5.65. The summed E-state index contributed by atoms with van der Waals surface area (Å²) in [5, 5.41) is 0. The number of nitrogens with zero attached hydrogens (tertiary/aromatic N) is 1. The van der Waals surface area contributed by atoms with Crippen molar-refractivity contribution in [1.82, 2.24) is 4.98 Å². The molecule has 1 heterocycles. The molecular formula is C21H18FNO. The molecular weight excluding hydrogens is 301 g/mol. The molecule has 0 aliphatic rings. The number of aromatic nitrogens is 1. The summed E-state index contributed by atoms with van der Waals surface area (Å²) in [6, 6.07) is 17.1. The molecule has 0 unspecified atom stereocenters. The van der Waals surface area contributed by atoms with Gasteiger partial charge < -0.3 is 4.74 Å². The number of rotatable bonds is 4. The predicted octanol–water partition coefficient (Wildman–Crippen LogP) is 5.35. The van der Waals surface area contributed by atoms with Crippen LogP contribution >= 0.6 is 0 Å². The number of halogens is 1. The van der Waals surface area contributed by atoms with Crippen molar-refractivity contribution >= 4 is 5.57 Å². The lowest BCUT2D eigenvalue weighted by atomic mass is 9.96. The Morgan fingerprint density at radius 3 is 2.12 bits per heavy atom. The molecule has 120 valence electrons. The maximum atomic E-state index is 13.9. The lowest BCUT2D eigenvalue weighted by molar-refractivity contribution is 0.386. The van der Waals surface area contributed by atoms with E-state index in [1.165, 1.54) is 13.2 Å². The van der Waals surface area contributed by atoms with E-state index in [-0.39, 0.29) is 11.6 Å². The van der Waals surface area contributed by atoms with Crippen molar-refractivity contribution in [3.63, 3.8) is 0 Å². The van der Waals surface area contributed by atoms with E-state index >= 15 is 0 Å². The number of hydrogen-bond acceptors (Lipinski definition) is 2. The third kappa shape index (κ3) is 3.20. The largest absolute Gasteiger partial charge is 0.494 e. The predicted molar refractivity (Wildman–Crippen MR) is 95.4 cm³/mol. The molecule has 1 aromatic heterocycles. The second kappa shape index (κ2) is 7.09. The second-order valence-electron chi connectivity index (χ2n) is 5.36. The Kier molecular flexibility index (Phi) is 4.71. The van der Waals surface area contributed by atoms with Crippen LogP contribution in [0.3, 0.4) is 0 Å². The fraction of sp³-hybridized carbons (Fsp3) is 0.0952. The third-order valence-corrected chi connectivity index (χ3v) is 3.96. The van der Waals surface area contributed by atoms with E-state index in [0.29, 0.717) is 0 Å². The molecule has 0 radical (unpaired) electrons. The van der Waals surface area contributed by atoms with E-state index < -0.39 is 0 Å². The summed E-state index contributed by atoms with van der Waals surface area (Å²) < 4.78 is 18.8. The van der Waals surface area contributed by atoms with Gasteiger partial charge in [0, 0.05) is 12.4 Å². The highest BCUT2D eigenvalue weighted by Crippen LogP contribution is 2.28. The van der Waals surface area contributed by atoms with Crippen molar-refractivity contribution < 1.29 is 9.13 Å². The molecule has 3 heteroatoms. The maximum Gasteiger partial charge on any atom is 0.165 e. The molecule has 24 heavy (non-hydrogen) atoms. The Morgan fingerprint density at radius 1 is 0.917 bits per heavy atom. The van der Waals surface area contributed by atoms with Gasteiger partial charge in [-0.15, -0.1) is 0 Å². The van der Waals surface area contributed by atoms with Gasteiger partial charge in [0.05, 0.1) is 7.11 Å². The average Bonchev–Trinajstić information content (AvgIpc) is 2.64. The Labute approximate surface area is 141 Å². The van der Waals surface area contributed by atoms with Crippen LogP contribution in [0.2, 0.25) is 0 Å². The maximum absolute atomic E-state index is 13.9. The van der Waals surface area contributed by atoms with Gasteiger partial charge in [-0.1, -0.05) is 36.4 Å². The zero-order chi connectivity index (χ0) is 16.9. The first-order valence-electron chi connectivity index (χ1n) is 7.74. The fourth-order valence-corrected chi connectivity index (χ4v) is 2.72. The zero-order valence-corrected chi connectivity index (χ0v) is 13.7. The highest BCUT2D eigenvalue weighted by molar-refractivity contribution is 5.80. The summed E-state index contributed by atoms with van der Waals surface area (Å²) in [4.78, 5) is 4.06. The smallest absolute Gasteiger partial charge is 0.165 e. The summed E-state index contributed by atoms with van der Waals surface area (Å²) in [6.45, 7) is 2.02. The first kappa shape index (κ1) is 15.9. The van der Waals surface area contributed by atoms with Crippen molar-refractivity contribution in [3.8, 4) is 16.9 Å². The monoisotopic (exact) mass is 319 g/mol. The number of hydrogen-bond donors (Lipinski definition) is 0. The van der Waals surface area contributed by atoms with Crippen LogP contribution in [0.1, 0.15) is 18.1 Å². The molecule has 0 bridgehead atoms. The van der Waals surface area contributed by atoms with Crippen LogP contribution in [0.15, 0.2) is 73.1 Å². The van der Waals surface area contributed by atoms with Crippen molar-refractivity contribution in [2.75, 3.05) is 7.11 Å². The van der Waals surface area contributed by atoms with Gasteiger partial charge in [-0.3, -0.25) is 4.98 Å². The number of methoxy groups -OCH3 is 1. The lowest BCUT2D eigenvalue weighted by Gasteiger charge is -2.10. The average molecular weight is 319 g/mol. The van der Waals surface area contributed by atoms with Gasteiger partial charge in [-0.2, -0.15) is 0 Å². The molecule has 0 saturated heterocycles. The van der Waals surface area contributed by atoms with E-state index in [1.807, 2.05) is 49.4 Å². The van der Waals surface area contributed by atoms with Gasteiger partial charge in [0.2, 0.25) is 0 Å². The molecule has 0 spiro atoms. The van der Waals surface area contributed by atoms with Crippen LogP contribution < -0.4 is 4.74 Å².